The van der Waals surface area contributed by atoms with Gasteiger partial charge in [0, 0.05) is 37.0 Å². The summed E-state index contributed by atoms with van der Waals surface area (Å²) in [5.74, 6) is 1.67. The number of benzene rings is 1. The summed E-state index contributed by atoms with van der Waals surface area (Å²) in [7, 11) is 3.46. The van der Waals surface area contributed by atoms with E-state index < -0.39 is 0 Å². The molecular formula is C17H25IN4OS. The molecule has 24 heavy (non-hydrogen) atoms. The van der Waals surface area contributed by atoms with Crippen molar-refractivity contribution >= 4 is 41.3 Å². The zero-order valence-electron chi connectivity index (χ0n) is 14.5. The predicted octanol–water partition coefficient (Wildman–Crippen LogP) is 3.29. The number of nitrogens with zero attached hydrogens (tertiary/aromatic N) is 2. The molecule has 0 aliphatic heterocycles. The van der Waals surface area contributed by atoms with Crippen molar-refractivity contribution in [3.8, 4) is 5.75 Å². The first kappa shape index (κ1) is 20.7. The van der Waals surface area contributed by atoms with Crippen molar-refractivity contribution < 1.29 is 4.74 Å². The Balaban J connectivity index is 0.00000288. The molecule has 5 nitrogen and oxygen atoms in total. The molecule has 0 aliphatic rings. The normalized spacial score (nSPS) is 10.9. The van der Waals surface area contributed by atoms with E-state index in [2.05, 4.69) is 27.5 Å². The lowest BCUT2D eigenvalue weighted by molar-refractivity contribution is 0.409. The van der Waals surface area contributed by atoms with Crippen LogP contribution in [0.5, 0.6) is 5.75 Å². The fraction of sp³-hybridized carbons (Fsp3) is 0.412. The second-order valence-electron chi connectivity index (χ2n) is 5.16. The van der Waals surface area contributed by atoms with Crippen LogP contribution in [-0.4, -0.2) is 31.6 Å². The lowest BCUT2D eigenvalue weighted by atomic mass is 10.2. The van der Waals surface area contributed by atoms with Gasteiger partial charge in [-0.2, -0.15) is 0 Å². The van der Waals surface area contributed by atoms with Gasteiger partial charge in [-0.15, -0.1) is 35.3 Å². The maximum atomic E-state index is 5.36. The summed E-state index contributed by atoms with van der Waals surface area (Å²) in [6.45, 7) is 5.60. The standard InChI is InChI=1S/C17H24N4OS.HI/c1-12-16(23-13(2)21-12)9-10-19-17(18-3)20-11-14-7-5-6-8-15(14)22-4;/h5-8H,9-11H2,1-4H3,(H2,18,19,20);1H. The number of methoxy groups -OCH3 is 1. The maximum absolute atomic E-state index is 5.36. The molecule has 0 spiro atoms. The van der Waals surface area contributed by atoms with Gasteiger partial charge in [0.2, 0.25) is 0 Å². The Morgan fingerprint density at radius 3 is 2.62 bits per heavy atom. The van der Waals surface area contributed by atoms with Crippen LogP contribution < -0.4 is 15.4 Å². The van der Waals surface area contributed by atoms with E-state index in [0.717, 1.165) is 40.9 Å². The smallest absolute Gasteiger partial charge is 0.191 e. The molecule has 1 heterocycles. The van der Waals surface area contributed by atoms with E-state index in [4.69, 9.17) is 4.74 Å². The number of para-hydroxylation sites is 1. The molecule has 0 saturated carbocycles. The van der Waals surface area contributed by atoms with Crippen LogP contribution >= 0.6 is 35.3 Å². The highest BCUT2D eigenvalue weighted by molar-refractivity contribution is 14.0. The van der Waals surface area contributed by atoms with Gasteiger partial charge < -0.3 is 15.4 Å². The van der Waals surface area contributed by atoms with E-state index in [-0.39, 0.29) is 24.0 Å². The summed E-state index contributed by atoms with van der Waals surface area (Å²) in [6, 6.07) is 7.98. The molecule has 1 aromatic carbocycles. The number of aliphatic imine (C=N–C) groups is 1. The molecule has 0 aliphatic carbocycles. The molecule has 7 heteroatoms. The van der Waals surface area contributed by atoms with Crippen molar-refractivity contribution in [3.63, 3.8) is 0 Å². The third-order valence-corrected chi connectivity index (χ3v) is 4.64. The topological polar surface area (TPSA) is 58.5 Å². The minimum atomic E-state index is 0. The van der Waals surface area contributed by atoms with Gasteiger partial charge in [-0.3, -0.25) is 4.99 Å². The Hall–Kier alpha value is -1.35. The molecule has 1 aromatic heterocycles. The molecule has 132 valence electrons. The zero-order valence-corrected chi connectivity index (χ0v) is 17.7. The van der Waals surface area contributed by atoms with E-state index in [9.17, 15) is 0 Å². The van der Waals surface area contributed by atoms with Crippen molar-refractivity contribution in [2.75, 3.05) is 20.7 Å². The fourth-order valence-corrected chi connectivity index (χ4v) is 3.29. The van der Waals surface area contributed by atoms with Gasteiger partial charge in [-0.1, -0.05) is 18.2 Å². The van der Waals surface area contributed by atoms with Crippen LogP contribution in [0.4, 0.5) is 0 Å². The van der Waals surface area contributed by atoms with Crippen molar-refractivity contribution in [1.29, 1.82) is 0 Å². The SMILES string of the molecule is CN=C(NCCc1sc(C)nc1C)NCc1ccccc1OC.I. The number of aromatic nitrogens is 1. The number of aryl methyl sites for hydroxylation is 2. The summed E-state index contributed by atoms with van der Waals surface area (Å²) < 4.78 is 5.36. The number of ether oxygens (including phenoxy) is 1. The number of halogens is 1. The van der Waals surface area contributed by atoms with Gasteiger partial charge in [0.1, 0.15) is 5.75 Å². The number of thiazole rings is 1. The minimum absolute atomic E-state index is 0. The average molecular weight is 460 g/mol. The molecule has 0 amide bonds. The average Bonchev–Trinajstić information content (AvgIpc) is 2.88. The highest BCUT2D eigenvalue weighted by Gasteiger charge is 2.06. The molecule has 0 saturated heterocycles. The van der Waals surface area contributed by atoms with Crippen LogP contribution in [0.15, 0.2) is 29.3 Å². The second-order valence-corrected chi connectivity index (χ2v) is 6.44. The fourth-order valence-electron chi connectivity index (χ4n) is 2.35. The molecular weight excluding hydrogens is 435 g/mol. The molecule has 2 aromatic rings. The Morgan fingerprint density at radius 1 is 1.25 bits per heavy atom. The molecule has 2 N–H and O–H groups in total. The number of nitrogens with one attached hydrogen (secondary N) is 2. The van der Waals surface area contributed by atoms with Crippen LogP contribution in [0.1, 0.15) is 21.1 Å². The molecule has 0 fully saturated rings. The summed E-state index contributed by atoms with van der Waals surface area (Å²) in [6.07, 6.45) is 0.951. The summed E-state index contributed by atoms with van der Waals surface area (Å²) in [4.78, 5) is 10.0. The highest BCUT2D eigenvalue weighted by atomic mass is 127. The highest BCUT2D eigenvalue weighted by Crippen LogP contribution is 2.17. The van der Waals surface area contributed by atoms with Gasteiger partial charge in [0.05, 0.1) is 17.8 Å². The number of guanidine groups is 1. The quantitative estimate of drug-likeness (QED) is 0.395. The van der Waals surface area contributed by atoms with E-state index in [1.165, 1.54) is 4.88 Å². The van der Waals surface area contributed by atoms with Crippen molar-refractivity contribution in [1.82, 2.24) is 15.6 Å². The van der Waals surface area contributed by atoms with Gasteiger partial charge in [-0.05, 0) is 19.9 Å². The van der Waals surface area contributed by atoms with Crippen molar-refractivity contribution in [3.05, 3.63) is 45.4 Å². The van der Waals surface area contributed by atoms with E-state index in [1.54, 1.807) is 25.5 Å². The largest absolute Gasteiger partial charge is 0.496 e. The first-order chi connectivity index (χ1) is 11.1. The van der Waals surface area contributed by atoms with E-state index in [1.807, 2.05) is 31.2 Å². The summed E-state index contributed by atoms with van der Waals surface area (Å²) in [5, 5.41) is 7.77. The van der Waals surface area contributed by atoms with Crippen LogP contribution in [0.25, 0.3) is 0 Å². The van der Waals surface area contributed by atoms with Crippen LogP contribution in [-0.2, 0) is 13.0 Å². The number of hydrogen-bond acceptors (Lipinski definition) is 4. The first-order valence-corrected chi connectivity index (χ1v) is 8.45. The maximum Gasteiger partial charge on any atom is 0.191 e. The number of hydrogen-bond donors (Lipinski definition) is 2. The Kier molecular flexibility index (Phi) is 9.05. The van der Waals surface area contributed by atoms with Crippen molar-refractivity contribution in [2.24, 2.45) is 4.99 Å². The molecule has 0 atom stereocenters. The predicted molar refractivity (Wildman–Crippen MR) is 112 cm³/mol. The van der Waals surface area contributed by atoms with Gasteiger partial charge >= 0.3 is 0 Å². The Morgan fingerprint density at radius 2 is 2.00 bits per heavy atom. The Bertz CT molecular complexity index is 672. The monoisotopic (exact) mass is 460 g/mol. The lowest BCUT2D eigenvalue weighted by Crippen LogP contribution is -2.37. The van der Waals surface area contributed by atoms with Gasteiger partial charge in [-0.25, -0.2) is 4.98 Å². The Labute approximate surface area is 165 Å². The van der Waals surface area contributed by atoms with Gasteiger partial charge in [0.15, 0.2) is 5.96 Å². The molecule has 0 radical (unpaired) electrons. The lowest BCUT2D eigenvalue weighted by Gasteiger charge is -2.13. The van der Waals surface area contributed by atoms with E-state index in [0.29, 0.717) is 6.54 Å². The first-order valence-electron chi connectivity index (χ1n) is 7.63. The minimum Gasteiger partial charge on any atom is -0.496 e. The summed E-state index contributed by atoms with van der Waals surface area (Å²) in [5.41, 5.74) is 2.23. The summed E-state index contributed by atoms with van der Waals surface area (Å²) >= 11 is 1.76. The second kappa shape index (κ2) is 10.5. The van der Waals surface area contributed by atoms with Gasteiger partial charge in [0.25, 0.3) is 0 Å². The number of rotatable bonds is 6. The van der Waals surface area contributed by atoms with Crippen LogP contribution in [0.2, 0.25) is 0 Å². The third-order valence-electron chi connectivity index (χ3n) is 3.51. The van der Waals surface area contributed by atoms with Crippen LogP contribution in [0.3, 0.4) is 0 Å². The van der Waals surface area contributed by atoms with Crippen molar-refractivity contribution in [2.45, 2.75) is 26.8 Å². The molecule has 2 rings (SSSR count). The zero-order chi connectivity index (χ0) is 16.7. The van der Waals surface area contributed by atoms with E-state index >= 15 is 0 Å². The molecule has 0 unspecified atom stereocenters. The van der Waals surface area contributed by atoms with Crippen LogP contribution in [0, 0.1) is 13.8 Å². The third kappa shape index (κ3) is 5.94. The molecule has 0 bridgehead atoms.